The Balaban J connectivity index is 2.00. The van der Waals surface area contributed by atoms with E-state index in [1.54, 1.807) is 0 Å². The van der Waals surface area contributed by atoms with Crippen molar-refractivity contribution in [2.24, 2.45) is 4.99 Å². The first-order valence-corrected chi connectivity index (χ1v) is 9.14. The highest BCUT2D eigenvalue weighted by Crippen LogP contribution is 2.36. The Morgan fingerprint density at radius 2 is 1.92 bits per heavy atom. The largest absolute Gasteiger partial charge is 0.276 e. The minimum absolute atomic E-state index is 0.529. The lowest BCUT2D eigenvalue weighted by Gasteiger charge is -2.09. The van der Waals surface area contributed by atoms with E-state index >= 15 is 0 Å². The number of aryl methyl sites for hydroxylation is 2. The lowest BCUT2D eigenvalue weighted by molar-refractivity contribution is 0.869. The van der Waals surface area contributed by atoms with Gasteiger partial charge in [0.1, 0.15) is 17.4 Å². The topological polar surface area (TPSA) is 43.1 Å². The van der Waals surface area contributed by atoms with E-state index in [0.29, 0.717) is 6.54 Å². The zero-order valence-corrected chi connectivity index (χ0v) is 15.4. The summed E-state index contributed by atoms with van der Waals surface area (Å²) in [6.45, 7) is 6.90. The van der Waals surface area contributed by atoms with E-state index in [1.807, 2.05) is 42.5 Å². The van der Waals surface area contributed by atoms with Crippen LogP contribution in [0.15, 0.2) is 29.3 Å². The van der Waals surface area contributed by atoms with Gasteiger partial charge in [-0.3, -0.25) is 9.56 Å². The van der Waals surface area contributed by atoms with Gasteiger partial charge in [0, 0.05) is 21.0 Å². The molecular formula is C18H17ClN4S. The zero-order chi connectivity index (χ0) is 16.8. The molecule has 2 aromatic heterocycles. The van der Waals surface area contributed by atoms with Crippen LogP contribution in [0.1, 0.15) is 40.1 Å². The van der Waals surface area contributed by atoms with Crippen LogP contribution < -0.4 is 0 Å². The summed E-state index contributed by atoms with van der Waals surface area (Å²) in [5.41, 5.74) is 4.59. The summed E-state index contributed by atoms with van der Waals surface area (Å²) >= 11 is 7.87. The van der Waals surface area contributed by atoms with Crippen LogP contribution in [0.5, 0.6) is 0 Å². The molecule has 0 aliphatic carbocycles. The van der Waals surface area contributed by atoms with Crippen molar-refractivity contribution in [3.63, 3.8) is 0 Å². The Labute approximate surface area is 149 Å². The third kappa shape index (κ3) is 2.31. The molecule has 0 radical (unpaired) electrons. The maximum atomic E-state index is 6.06. The van der Waals surface area contributed by atoms with Gasteiger partial charge in [-0.2, -0.15) is 0 Å². The number of benzene rings is 1. The molecule has 0 N–H and O–H groups in total. The Morgan fingerprint density at radius 3 is 2.62 bits per heavy atom. The van der Waals surface area contributed by atoms with Gasteiger partial charge in [-0.15, -0.1) is 21.5 Å². The number of halogens is 1. The molecule has 0 bridgehead atoms. The number of aliphatic imine (C=N–C) groups is 1. The second kappa shape index (κ2) is 5.83. The van der Waals surface area contributed by atoms with Crippen molar-refractivity contribution in [1.29, 1.82) is 0 Å². The van der Waals surface area contributed by atoms with Gasteiger partial charge in [-0.25, -0.2) is 0 Å². The summed E-state index contributed by atoms with van der Waals surface area (Å²) in [6.07, 6.45) is 1.01. The van der Waals surface area contributed by atoms with Crippen LogP contribution >= 0.6 is 22.9 Å². The van der Waals surface area contributed by atoms with Gasteiger partial charge >= 0.3 is 0 Å². The maximum Gasteiger partial charge on any atom is 0.160 e. The molecule has 0 fully saturated rings. The third-order valence-electron chi connectivity index (χ3n) is 4.38. The Bertz CT molecular complexity index is 950. The summed E-state index contributed by atoms with van der Waals surface area (Å²) in [6, 6.07) is 7.90. The quantitative estimate of drug-likeness (QED) is 0.677. The third-order valence-corrected chi connectivity index (χ3v) is 6.05. The fourth-order valence-electron chi connectivity index (χ4n) is 3.16. The summed E-state index contributed by atoms with van der Waals surface area (Å²) < 4.78 is 2.15. The number of rotatable bonds is 2. The molecular weight excluding hydrogens is 340 g/mol. The lowest BCUT2D eigenvalue weighted by atomic mass is 9.99. The molecule has 0 saturated carbocycles. The van der Waals surface area contributed by atoms with Crippen molar-refractivity contribution in [2.75, 3.05) is 0 Å². The molecule has 1 aliphatic rings. The highest BCUT2D eigenvalue weighted by atomic mass is 35.5. The van der Waals surface area contributed by atoms with Crippen LogP contribution in [-0.4, -0.2) is 20.5 Å². The number of nitrogens with zero attached hydrogens (tertiary/aromatic N) is 4. The summed E-state index contributed by atoms with van der Waals surface area (Å²) in [5, 5.41) is 10.5. The Kier molecular flexibility index (Phi) is 3.77. The van der Waals surface area contributed by atoms with Crippen LogP contribution in [0.2, 0.25) is 5.02 Å². The highest BCUT2D eigenvalue weighted by molar-refractivity contribution is 7.15. The number of fused-ring (bicyclic) bond motifs is 3. The smallest absolute Gasteiger partial charge is 0.160 e. The number of hydrogen-bond donors (Lipinski definition) is 0. The normalized spacial score (nSPS) is 13.2. The SMILES string of the molecule is CCc1sc2c(c1C)C(c1ccc(Cl)cc1)=NCc1nnc(C)n1-2. The van der Waals surface area contributed by atoms with E-state index in [9.17, 15) is 0 Å². The van der Waals surface area contributed by atoms with Crippen molar-refractivity contribution in [2.45, 2.75) is 33.7 Å². The van der Waals surface area contributed by atoms with E-state index in [2.05, 4.69) is 28.6 Å². The molecule has 3 heterocycles. The zero-order valence-electron chi connectivity index (χ0n) is 13.8. The molecule has 3 aromatic rings. The monoisotopic (exact) mass is 356 g/mol. The van der Waals surface area contributed by atoms with Gasteiger partial charge in [0.15, 0.2) is 5.82 Å². The highest BCUT2D eigenvalue weighted by Gasteiger charge is 2.26. The van der Waals surface area contributed by atoms with Crippen LogP contribution in [0.3, 0.4) is 0 Å². The van der Waals surface area contributed by atoms with Crippen LogP contribution in [-0.2, 0) is 13.0 Å². The fourth-order valence-corrected chi connectivity index (χ4v) is 4.60. The van der Waals surface area contributed by atoms with Crippen molar-refractivity contribution in [1.82, 2.24) is 14.8 Å². The van der Waals surface area contributed by atoms with Crippen molar-refractivity contribution in [3.8, 4) is 5.00 Å². The average Bonchev–Trinajstić information content (AvgIpc) is 3.04. The van der Waals surface area contributed by atoms with Gasteiger partial charge in [-0.05, 0) is 38.0 Å². The predicted molar refractivity (Wildman–Crippen MR) is 98.9 cm³/mol. The lowest BCUT2D eigenvalue weighted by Crippen LogP contribution is -2.07. The van der Waals surface area contributed by atoms with Gasteiger partial charge in [-0.1, -0.05) is 30.7 Å². The molecule has 0 atom stereocenters. The second-order valence-corrected chi connectivity index (χ2v) is 7.37. The van der Waals surface area contributed by atoms with E-state index in [4.69, 9.17) is 16.6 Å². The molecule has 6 heteroatoms. The summed E-state index contributed by atoms with van der Waals surface area (Å²) in [5.74, 6) is 1.80. The Morgan fingerprint density at radius 1 is 1.17 bits per heavy atom. The maximum absolute atomic E-state index is 6.06. The molecule has 122 valence electrons. The van der Waals surface area contributed by atoms with Gasteiger partial charge in [0.25, 0.3) is 0 Å². The minimum atomic E-state index is 0.529. The number of aromatic nitrogens is 3. The first kappa shape index (κ1) is 15.5. The minimum Gasteiger partial charge on any atom is -0.276 e. The van der Waals surface area contributed by atoms with Crippen molar-refractivity contribution in [3.05, 3.63) is 62.5 Å². The van der Waals surface area contributed by atoms with Crippen LogP contribution in [0.25, 0.3) is 5.00 Å². The Hall–Kier alpha value is -1.98. The van der Waals surface area contributed by atoms with Crippen molar-refractivity contribution < 1.29 is 0 Å². The van der Waals surface area contributed by atoms with Gasteiger partial charge < -0.3 is 0 Å². The molecule has 0 unspecified atom stereocenters. The van der Waals surface area contributed by atoms with E-state index in [-0.39, 0.29) is 0 Å². The fraction of sp³-hybridized carbons (Fsp3) is 0.278. The van der Waals surface area contributed by atoms with Crippen LogP contribution in [0.4, 0.5) is 0 Å². The van der Waals surface area contributed by atoms with Crippen LogP contribution in [0, 0.1) is 13.8 Å². The number of thiophene rings is 1. The molecule has 1 aromatic carbocycles. The van der Waals surface area contributed by atoms with Crippen molar-refractivity contribution >= 4 is 28.6 Å². The number of hydrogen-bond acceptors (Lipinski definition) is 4. The standard InChI is InChI=1S/C18H17ClN4S/c1-4-14-10(2)16-17(12-5-7-13(19)8-6-12)20-9-15-22-21-11(3)23(15)18(16)24-14/h5-8H,4,9H2,1-3H3. The van der Waals surface area contributed by atoms with E-state index in [1.165, 1.54) is 21.0 Å². The predicted octanol–water partition coefficient (Wildman–Crippen LogP) is 4.51. The first-order valence-electron chi connectivity index (χ1n) is 7.94. The summed E-state index contributed by atoms with van der Waals surface area (Å²) in [7, 11) is 0. The molecule has 1 aliphatic heterocycles. The molecule has 24 heavy (non-hydrogen) atoms. The van der Waals surface area contributed by atoms with E-state index < -0.39 is 0 Å². The molecule has 0 spiro atoms. The average molecular weight is 357 g/mol. The van der Waals surface area contributed by atoms with Gasteiger partial charge in [0.2, 0.25) is 0 Å². The molecule has 4 nitrogen and oxygen atoms in total. The summed E-state index contributed by atoms with van der Waals surface area (Å²) in [4.78, 5) is 6.26. The molecule has 4 rings (SSSR count). The molecule has 0 saturated heterocycles. The first-order chi connectivity index (χ1) is 11.6. The van der Waals surface area contributed by atoms with E-state index in [0.717, 1.165) is 34.4 Å². The van der Waals surface area contributed by atoms with Gasteiger partial charge in [0.05, 0.1) is 5.71 Å². The second-order valence-electron chi connectivity index (χ2n) is 5.85. The molecule has 0 amide bonds.